The second-order valence-corrected chi connectivity index (χ2v) is 5.59. The predicted molar refractivity (Wildman–Crippen MR) is 99.5 cm³/mol. The van der Waals surface area contributed by atoms with Gasteiger partial charge in [0.15, 0.2) is 0 Å². The molecule has 2 N–H and O–H groups in total. The summed E-state index contributed by atoms with van der Waals surface area (Å²) in [6.45, 7) is 1.27. The second kappa shape index (κ2) is 9.79. The minimum Gasteiger partial charge on any atom is -0.495 e. The number of aromatic nitrogens is 2. The van der Waals surface area contributed by atoms with Gasteiger partial charge in [-0.05, 0) is 12.5 Å². The van der Waals surface area contributed by atoms with Crippen molar-refractivity contribution in [2.24, 2.45) is 0 Å². The van der Waals surface area contributed by atoms with Crippen LogP contribution in [-0.2, 0) is 4.74 Å². The van der Waals surface area contributed by atoms with Crippen molar-refractivity contribution in [2.75, 3.05) is 45.1 Å². The lowest BCUT2D eigenvalue weighted by atomic mass is 10.2. The number of anilines is 2. The Morgan fingerprint density at radius 2 is 1.96 bits per heavy atom. The molecule has 0 aliphatic rings. The third kappa shape index (κ3) is 5.21. The van der Waals surface area contributed by atoms with Gasteiger partial charge in [-0.1, -0.05) is 11.6 Å². The molecule has 0 atom stereocenters. The van der Waals surface area contributed by atoms with E-state index < -0.39 is 5.91 Å². The Balaban J connectivity index is 2.12. The lowest BCUT2D eigenvalue weighted by Crippen LogP contribution is -2.16. The van der Waals surface area contributed by atoms with Crippen molar-refractivity contribution in [1.29, 1.82) is 0 Å². The van der Waals surface area contributed by atoms with Crippen LogP contribution in [0.4, 0.5) is 11.6 Å². The number of nitrogens with zero attached hydrogens (tertiary/aromatic N) is 2. The van der Waals surface area contributed by atoms with Gasteiger partial charge in [-0.2, -0.15) is 0 Å². The lowest BCUT2D eigenvalue weighted by molar-refractivity contribution is 0.102. The standard InChI is InChI=1S/C17H21ClN4O4/c1-24-8-4-6-19-17-20-7-5-12(22-17)16(23)21-13-10-14(25-2)11(18)9-15(13)26-3/h5,7,9-10H,4,6,8H2,1-3H3,(H,21,23)(H,19,20,22). The molecule has 1 aromatic heterocycles. The van der Waals surface area contributed by atoms with Crippen LogP contribution in [0, 0.1) is 0 Å². The number of nitrogens with one attached hydrogen (secondary N) is 2. The molecule has 26 heavy (non-hydrogen) atoms. The van der Waals surface area contributed by atoms with Crippen LogP contribution in [0.5, 0.6) is 11.5 Å². The Hall–Kier alpha value is -2.58. The van der Waals surface area contributed by atoms with E-state index in [0.717, 1.165) is 6.42 Å². The Morgan fingerprint density at radius 1 is 1.19 bits per heavy atom. The number of ether oxygens (including phenoxy) is 3. The fraction of sp³-hybridized carbons (Fsp3) is 0.353. The highest BCUT2D eigenvalue weighted by Gasteiger charge is 2.15. The highest BCUT2D eigenvalue weighted by atomic mass is 35.5. The molecule has 0 unspecified atom stereocenters. The van der Waals surface area contributed by atoms with Gasteiger partial charge in [0.05, 0.1) is 24.9 Å². The van der Waals surface area contributed by atoms with Gasteiger partial charge in [-0.25, -0.2) is 9.97 Å². The summed E-state index contributed by atoms with van der Waals surface area (Å²) in [5, 5.41) is 6.17. The molecule has 0 saturated heterocycles. The fourth-order valence-electron chi connectivity index (χ4n) is 2.13. The van der Waals surface area contributed by atoms with Crippen LogP contribution < -0.4 is 20.1 Å². The van der Waals surface area contributed by atoms with Gasteiger partial charge in [-0.3, -0.25) is 4.79 Å². The number of amides is 1. The number of benzene rings is 1. The van der Waals surface area contributed by atoms with Crippen LogP contribution in [0.1, 0.15) is 16.9 Å². The van der Waals surface area contributed by atoms with Crippen molar-refractivity contribution in [3.05, 3.63) is 35.1 Å². The highest BCUT2D eigenvalue weighted by Crippen LogP contribution is 2.36. The third-order valence-corrected chi connectivity index (χ3v) is 3.71. The minimum absolute atomic E-state index is 0.213. The maximum atomic E-state index is 12.5. The molecule has 0 aliphatic carbocycles. The molecular weight excluding hydrogens is 360 g/mol. The van der Waals surface area contributed by atoms with Gasteiger partial charge in [0.25, 0.3) is 5.91 Å². The summed E-state index contributed by atoms with van der Waals surface area (Å²) in [7, 11) is 4.62. The highest BCUT2D eigenvalue weighted by molar-refractivity contribution is 6.32. The number of carbonyl (C=O) groups is 1. The molecule has 0 radical (unpaired) electrons. The van der Waals surface area contributed by atoms with Gasteiger partial charge in [0.1, 0.15) is 17.2 Å². The number of hydrogen-bond donors (Lipinski definition) is 2. The van der Waals surface area contributed by atoms with Crippen LogP contribution in [0.2, 0.25) is 5.02 Å². The zero-order valence-electron chi connectivity index (χ0n) is 14.8. The van der Waals surface area contributed by atoms with Crippen molar-refractivity contribution in [2.45, 2.75) is 6.42 Å². The summed E-state index contributed by atoms with van der Waals surface area (Å²) in [5.74, 6) is 0.798. The number of rotatable bonds is 9. The van der Waals surface area contributed by atoms with E-state index >= 15 is 0 Å². The molecule has 1 heterocycles. The van der Waals surface area contributed by atoms with Crippen molar-refractivity contribution in [3.63, 3.8) is 0 Å². The first-order valence-corrected chi connectivity index (χ1v) is 8.25. The first-order valence-electron chi connectivity index (χ1n) is 7.87. The predicted octanol–water partition coefficient (Wildman–Crippen LogP) is 2.85. The van der Waals surface area contributed by atoms with Crippen molar-refractivity contribution in [3.8, 4) is 11.5 Å². The van der Waals surface area contributed by atoms with Gasteiger partial charge < -0.3 is 24.8 Å². The van der Waals surface area contributed by atoms with Crippen LogP contribution in [-0.4, -0.2) is 50.4 Å². The number of carbonyl (C=O) groups excluding carboxylic acids is 1. The third-order valence-electron chi connectivity index (χ3n) is 3.42. The molecule has 0 bridgehead atoms. The normalized spacial score (nSPS) is 10.3. The smallest absolute Gasteiger partial charge is 0.274 e. The van der Waals surface area contributed by atoms with E-state index in [9.17, 15) is 4.79 Å². The molecular formula is C17H21ClN4O4. The molecule has 9 heteroatoms. The molecule has 1 amide bonds. The molecule has 0 saturated carbocycles. The van der Waals surface area contributed by atoms with Crippen molar-refractivity contribution in [1.82, 2.24) is 9.97 Å². The maximum Gasteiger partial charge on any atom is 0.274 e. The number of halogens is 1. The van der Waals surface area contributed by atoms with Crippen LogP contribution in [0.15, 0.2) is 24.4 Å². The Bertz CT molecular complexity index is 758. The zero-order chi connectivity index (χ0) is 18.9. The van der Waals surface area contributed by atoms with Gasteiger partial charge >= 0.3 is 0 Å². The van der Waals surface area contributed by atoms with E-state index in [2.05, 4.69) is 20.6 Å². The first kappa shape index (κ1) is 19.7. The number of methoxy groups -OCH3 is 3. The van der Waals surface area contributed by atoms with E-state index in [-0.39, 0.29) is 5.69 Å². The number of hydrogen-bond acceptors (Lipinski definition) is 7. The summed E-state index contributed by atoms with van der Waals surface area (Å²) in [6.07, 6.45) is 2.32. The average molecular weight is 381 g/mol. The quantitative estimate of drug-likeness (QED) is 0.646. The topological polar surface area (TPSA) is 94.6 Å². The van der Waals surface area contributed by atoms with Crippen LogP contribution in [0.3, 0.4) is 0 Å². The molecule has 0 aliphatic heterocycles. The first-order chi connectivity index (χ1) is 12.6. The lowest BCUT2D eigenvalue weighted by Gasteiger charge is -2.13. The minimum atomic E-state index is -0.407. The molecule has 140 valence electrons. The molecule has 2 rings (SSSR count). The Morgan fingerprint density at radius 3 is 2.65 bits per heavy atom. The van der Waals surface area contributed by atoms with Crippen LogP contribution >= 0.6 is 11.6 Å². The molecule has 8 nitrogen and oxygen atoms in total. The zero-order valence-corrected chi connectivity index (χ0v) is 15.6. The summed E-state index contributed by atoms with van der Waals surface area (Å²) in [4.78, 5) is 20.8. The van der Waals surface area contributed by atoms with Gasteiger partial charge in [0.2, 0.25) is 5.95 Å². The maximum absolute atomic E-state index is 12.5. The monoisotopic (exact) mass is 380 g/mol. The van der Waals surface area contributed by atoms with Gasteiger partial charge in [0, 0.05) is 38.6 Å². The average Bonchev–Trinajstić information content (AvgIpc) is 2.66. The second-order valence-electron chi connectivity index (χ2n) is 5.18. The van der Waals surface area contributed by atoms with Crippen molar-refractivity contribution >= 4 is 29.1 Å². The molecule has 0 spiro atoms. The van der Waals surface area contributed by atoms with E-state index in [0.29, 0.717) is 41.3 Å². The van der Waals surface area contributed by atoms with E-state index in [1.165, 1.54) is 26.5 Å². The Kier molecular flexibility index (Phi) is 7.43. The fourth-order valence-corrected chi connectivity index (χ4v) is 2.36. The van der Waals surface area contributed by atoms with Gasteiger partial charge in [-0.15, -0.1) is 0 Å². The summed E-state index contributed by atoms with van der Waals surface area (Å²) in [5.41, 5.74) is 0.636. The van der Waals surface area contributed by atoms with E-state index in [1.54, 1.807) is 19.2 Å². The van der Waals surface area contributed by atoms with Crippen molar-refractivity contribution < 1.29 is 19.0 Å². The summed E-state index contributed by atoms with van der Waals surface area (Å²) >= 11 is 6.07. The Labute approximate surface area is 156 Å². The van der Waals surface area contributed by atoms with E-state index in [4.69, 9.17) is 25.8 Å². The molecule has 0 fully saturated rings. The SMILES string of the molecule is COCCCNc1nccc(C(=O)Nc2cc(OC)c(Cl)cc2OC)n1. The molecule has 2 aromatic rings. The summed E-state index contributed by atoms with van der Waals surface area (Å²) in [6, 6.07) is 4.68. The molecule has 1 aromatic carbocycles. The summed E-state index contributed by atoms with van der Waals surface area (Å²) < 4.78 is 15.4. The van der Waals surface area contributed by atoms with Crippen LogP contribution in [0.25, 0.3) is 0 Å². The largest absolute Gasteiger partial charge is 0.495 e. The van der Waals surface area contributed by atoms with E-state index in [1.807, 2.05) is 0 Å².